The molecule has 0 amide bonds. The molecule has 1 aliphatic rings. The molecule has 16 heavy (non-hydrogen) atoms. The Morgan fingerprint density at radius 3 is 3.00 bits per heavy atom. The number of nitrogens with zero attached hydrogens (tertiary/aromatic N) is 1. The van der Waals surface area contributed by atoms with E-state index in [1.54, 1.807) is 6.07 Å². The van der Waals surface area contributed by atoms with E-state index in [4.69, 9.17) is 4.74 Å². The zero-order valence-electron chi connectivity index (χ0n) is 9.47. The second-order valence-corrected chi connectivity index (χ2v) is 4.18. The van der Waals surface area contributed by atoms with Gasteiger partial charge in [0.15, 0.2) is 6.29 Å². The van der Waals surface area contributed by atoms with Crippen LogP contribution in [0.25, 0.3) is 0 Å². The van der Waals surface area contributed by atoms with Crippen molar-refractivity contribution in [3.63, 3.8) is 0 Å². The SMILES string of the molecule is CC[C@H](C)[C@H]1C(=O)OCc2ccc(C=O)n21. The molecule has 0 bridgehead atoms. The van der Waals surface area contributed by atoms with Crippen LogP contribution in [0.15, 0.2) is 12.1 Å². The predicted molar refractivity (Wildman–Crippen MR) is 58.1 cm³/mol. The Labute approximate surface area is 94.2 Å². The number of carbonyl (C=O) groups excluding carboxylic acids is 2. The summed E-state index contributed by atoms with van der Waals surface area (Å²) in [7, 11) is 0. The van der Waals surface area contributed by atoms with Gasteiger partial charge in [-0.3, -0.25) is 4.79 Å². The molecule has 0 saturated heterocycles. The first-order chi connectivity index (χ1) is 7.69. The lowest BCUT2D eigenvalue weighted by atomic mass is 9.98. The van der Waals surface area contributed by atoms with E-state index in [1.165, 1.54) is 0 Å². The molecule has 0 spiro atoms. The summed E-state index contributed by atoms with van der Waals surface area (Å²) in [5.41, 5.74) is 1.45. The van der Waals surface area contributed by atoms with Gasteiger partial charge < -0.3 is 9.30 Å². The zero-order valence-corrected chi connectivity index (χ0v) is 9.47. The van der Waals surface area contributed by atoms with Crippen LogP contribution >= 0.6 is 0 Å². The summed E-state index contributed by atoms with van der Waals surface area (Å²) < 4.78 is 6.93. The number of aromatic nitrogens is 1. The standard InChI is InChI=1S/C12H15NO3/c1-3-8(2)11-12(15)16-7-10-5-4-9(6-14)13(10)11/h4-6,8,11H,3,7H2,1-2H3/t8-,11-/m0/s1. The zero-order chi connectivity index (χ0) is 11.7. The normalized spacial score (nSPS) is 21.1. The van der Waals surface area contributed by atoms with Crippen molar-refractivity contribution in [1.82, 2.24) is 4.57 Å². The van der Waals surface area contributed by atoms with Gasteiger partial charge in [-0.2, -0.15) is 0 Å². The van der Waals surface area contributed by atoms with E-state index in [0.29, 0.717) is 5.69 Å². The molecule has 0 N–H and O–H groups in total. The van der Waals surface area contributed by atoms with Crippen molar-refractivity contribution >= 4 is 12.3 Å². The molecule has 2 heterocycles. The van der Waals surface area contributed by atoms with Crippen molar-refractivity contribution in [3.05, 3.63) is 23.5 Å². The Morgan fingerprint density at radius 1 is 1.62 bits per heavy atom. The van der Waals surface area contributed by atoms with E-state index in [-0.39, 0.29) is 24.5 Å². The Kier molecular flexibility index (Phi) is 2.81. The van der Waals surface area contributed by atoms with Crippen molar-refractivity contribution in [1.29, 1.82) is 0 Å². The van der Waals surface area contributed by atoms with Gasteiger partial charge in [0.05, 0.1) is 11.4 Å². The maximum absolute atomic E-state index is 11.8. The third-order valence-corrected chi connectivity index (χ3v) is 3.22. The second-order valence-electron chi connectivity index (χ2n) is 4.18. The minimum absolute atomic E-state index is 0.164. The summed E-state index contributed by atoms with van der Waals surface area (Å²) in [4.78, 5) is 22.7. The molecule has 0 fully saturated rings. The molecule has 0 unspecified atom stereocenters. The van der Waals surface area contributed by atoms with Gasteiger partial charge in [-0.25, -0.2) is 4.79 Å². The number of hydrogen-bond donors (Lipinski definition) is 0. The van der Waals surface area contributed by atoms with E-state index in [2.05, 4.69) is 0 Å². The Morgan fingerprint density at radius 2 is 2.38 bits per heavy atom. The number of esters is 1. The number of ether oxygens (including phenoxy) is 1. The van der Waals surface area contributed by atoms with Crippen LogP contribution in [-0.4, -0.2) is 16.8 Å². The van der Waals surface area contributed by atoms with E-state index < -0.39 is 0 Å². The fraction of sp³-hybridized carbons (Fsp3) is 0.500. The molecule has 1 aromatic rings. The highest BCUT2D eigenvalue weighted by Crippen LogP contribution is 2.30. The summed E-state index contributed by atoms with van der Waals surface area (Å²) in [5, 5.41) is 0. The van der Waals surface area contributed by atoms with Crippen LogP contribution in [0.4, 0.5) is 0 Å². The van der Waals surface area contributed by atoms with Crippen molar-refractivity contribution in [2.45, 2.75) is 32.9 Å². The molecule has 1 aliphatic heterocycles. The second kappa shape index (κ2) is 4.12. The maximum Gasteiger partial charge on any atom is 0.329 e. The van der Waals surface area contributed by atoms with Gasteiger partial charge in [0.2, 0.25) is 0 Å². The Balaban J connectivity index is 2.49. The van der Waals surface area contributed by atoms with Crippen LogP contribution in [0.5, 0.6) is 0 Å². The molecule has 2 rings (SSSR count). The number of hydrogen-bond acceptors (Lipinski definition) is 3. The van der Waals surface area contributed by atoms with Gasteiger partial charge >= 0.3 is 5.97 Å². The lowest BCUT2D eigenvalue weighted by molar-refractivity contribution is -0.154. The highest BCUT2D eigenvalue weighted by Gasteiger charge is 2.33. The molecule has 4 heteroatoms. The van der Waals surface area contributed by atoms with Crippen molar-refractivity contribution in [2.24, 2.45) is 5.92 Å². The van der Waals surface area contributed by atoms with Gasteiger partial charge in [-0.1, -0.05) is 20.3 Å². The molecule has 1 aromatic heterocycles. The minimum Gasteiger partial charge on any atom is -0.458 e. The van der Waals surface area contributed by atoms with Crippen molar-refractivity contribution < 1.29 is 14.3 Å². The summed E-state index contributed by atoms with van der Waals surface area (Å²) in [6.07, 6.45) is 1.66. The van der Waals surface area contributed by atoms with Crippen LogP contribution in [0, 0.1) is 5.92 Å². The average molecular weight is 221 g/mol. The topological polar surface area (TPSA) is 48.3 Å². The quantitative estimate of drug-likeness (QED) is 0.579. The number of cyclic esters (lactones) is 1. The van der Waals surface area contributed by atoms with Crippen LogP contribution in [-0.2, 0) is 16.1 Å². The number of aldehydes is 1. The van der Waals surface area contributed by atoms with Crippen molar-refractivity contribution in [3.8, 4) is 0 Å². The van der Waals surface area contributed by atoms with Gasteiger partial charge in [0.25, 0.3) is 0 Å². The van der Waals surface area contributed by atoms with Gasteiger partial charge in [0.1, 0.15) is 12.6 Å². The van der Waals surface area contributed by atoms with Gasteiger partial charge in [0, 0.05) is 0 Å². The van der Waals surface area contributed by atoms with E-state index >= 15 is 0 Å². The summed E-state index contributed by atoms with van der Waals surface area (Å²) in [6, 6.07) is 3.22. The highest BCUT2D eigenvalue weighted by molar-refractivity contribution is 5.79. The summed E-state index contributed by atoms with van der Waals surface area (Å²) >= 11 is 0. The first-order valence-corrected chi connectivity index (χ1v) is 5.51. The van der Waals surface area contributed by atoms with Gasteiger partial charge in [-0.15, -0.1) is 0 Å². The lowest BCUT2D eigenvalue weighted by Gasteiger charge is -2.29. The van der Waals surface area contributed by atoms with Crippen LogP contribution in [0.3, 0.4) is 0 Å². The molecule has 2 atom stereocenters. The summed E-state index contributed by atoms with van der Waals surface area (Å²) in [6.45, 7) is 4.28. The van der Waals surface area contributed by atoms with E-state index in [9.17, 15) is 9.59 Å². The van der Waals surface area contributed by atoms with Crippen LogP contribution in [0.2, 0.25) is 0 Å². The average Bonchev–Trinajstić information content (AvgIpc) is 2.71. The molecule has 0 saturated carbocycles. The van der Waals surface area contributed by atoms with Crippen LogP contribution in [0.1, 0.15) is 42.5 Å². The van der Waals surface area contributed by atoms with Gasteiger partial charge in [-0.05, 0) is 18.1 Å². The predicted octanol–water partition coefficient (Wildman–Crippen LogP) is 1.94. The molecular weight excluding hydrogens is 206 g/mol. The van der Waals surface area contributed by atoms with Crippen LogP contribution < -0.4 is 0 Å². The largest absolute Gasteiger partial charge is 0.458 e. The fourth-order valence-corrected chi connectivity index (χ4v) is 2.11. The maximum atomic E-state index is 11.8. The Hall–Kier alpha value is -1.58. The molecule has 0 aromatic carbocycles. The van der Waals surface area contributed by atoms with Crippen molar-refractivity contribution in [2.75, 3.05) is 0 Å². The first-order valence-electron chi connectivity index (χ1n) is 5.51. The third-order valence-electron chi connectivity index (χ3n) is 3.22. The molecule has 0 radical (unpaired) electrons. The monoisotopic (exact) mass is 221 g/mol. The molecule has 0 aliphatic carbocycles. The van der Waals surface area contributed by atoms with E-state index in [0.717, 1.165) is 18.4 Å². The summed E-state index contributed by atoms with van der Waals surface area (Å²) in [5.74, 6) is -0.0706. The fourth-order valence-electron chi connectivity index (χ4n) is 2.11. The molecule has 4 nitrogen and oxygen atoms in total. The Bertz CT molecular complexity index is 422. The third kappa shape index (κ3) is 1.54. The lowest BCUT2D eigenvalue weighted by Crippen LogP contribution is -2.34. The first kappa shape index (κ1) is 10.9. The number of fused-ring (bicyclic) bond motifs is 1. The molecule has 86 valence electrons. The van der Waals surface area contributed by atoms with E-state index in [1.807, 2.05) is 24.5 Å². The molecular formula is C12H15NO3. The minimum atomic E-state index is -0.357. The smallest absolute Gasteiger partial charge is 0.329 e. The number of carbonyl (C=O) groups is 2. The number of rotatable bonds is 3. The highest BCUT2D eigenvalue weighted by atomic mass is 16.5.